The highest BCUT2D eigenvalue weighted by Crippen LogP contribution is 2.39. The maximum absolute atomic E-state index is 12.8. The number of aromatic nitrogens is 6. The zero-order chi connectivity index (χ0) is 42.1. The van der Waals surface area contributed by atoms with Gasteiger partial charge in [0.1, 0.15) is 5.60 Å². The summed E-state index contributed by atoms with van der Waals surface area (Å²) in [6.45, 7) is 6.60. The average molecular weight is 823 g/mol. The van der Waals surface area contributed by atoms with Crippen LogP contribution in [0.25, 0.3) is 11.2 Å². The third-order valence-corrected chi connectivity index (χ3v) is 9.60. The molecule has 320 valence electrons. The molecule has 2 aliphatic rings. The number of nitrogens with one attached hydrogen (secondary N) is 3. The van der Waals surface area contributed by atoms with E-state index in [0.29, 0.717) is 12.1 Å². The molecule has 2 fully saturated rings. The summed E-state index contributed by atoms with van der Waals surface area (Å²) in [5.74, 6) is -3.67. The number of hydrogen-bond acceptors (Lipinski definition) is 17. The first-order valence-electron chi connectivity index (χ1n) is 18.6. The number of morpholine rings is 1. The number of aromatic amines is 2. The molecule has 1 amide bonds. The highest BCUT2D eigenvalue weighted by Gasteiger charge is 2.49. The van der Waals surface area contributed by atoms with Gasteiger partial charge in [0.2, 0.25) is 11.9 Å². The number of imidazole rings is 1. The number of carboxylic acid groups (broad SMARTS) is 1. The van der Waals surface area contributed by atoms with E-state index in [1.165, 1.54) is 28.6 Å². The van der Waals surface area contributed by atoms with E-state index in [0.717, 1.165) is 0 Å². The van der Waals surface area contributed by atoms with Crippen LogP contribution in [0.2, 0.25) is 0 Å². The van der Waals surface area contributed by atoms with E-state index >= 15 is 0 Å². The van der Waals surface area contributed by atoms with Gasteiger partial charge in [-0.3, -0.25) is 53.3 Å². The normalized spacial score (nSPS) is 22.1. The van der Waals surface area contributed by atoms with Crippen LogP contribution in [0.1, 0.15) is 45.2 Å². The number of aliphatic hydroxyl groups is 2. The summed E-state index contributed by atoms with van der Waals surface area (Å²) in [5.41, 5.74) is -2.98. The Hall–Kier alpha value is -4.88. The molecule has 23 heteroatoms. The molecule has 0 bridgehead atoms. The third kappa shape index (κ3) is 10.8. The van der Waals surface area contributed by atoms with E-state index in [9.17, 15) is 44.1 Å². The van der Waals surface area contributed by atoms with E-state index in [1.807, 2.05) is 4.90 Å². The van der Waals surface area contributed by atoms with Crippen molar-refractivity contribution >= 4 is 35.0 Å². The quantitative estimate of drug-likeness (QED) is 0.0535. The van der Waals surface area contributed by atoms with Gasteiger partial charge in [-0.25, -0.2) is 9.78 Å². The molecule has 5 heterocycles. The smallest absolute Gasteiger partial charge is 0.330 e. The van der Waals surface area contributed by atoms with Crippen LogP contribution in [0.4, 0.5) is 5.95 Å². The Labute approximate surface area is 330 Å². The van der Waals surface area contributed by atoms with Crippen molar-refractivity contribution in [3.8, 4) is 0 Å². The van der Waals surface area contributed by atoms with Gasteiger partial charge in [-0.15, -0.1) is 0 Å². The minimum atomic E-state index is -1.35. The number of fused-ring (bicyclic) bond motifs is 1. The first-order chi connectivity index (χ1) is 27.6. The monoisotopic (exact) mass is 822 g/mol. The second-order valence-corrected chi connectivity index (χ2v) is 14.4. The van der Waals surface area contributed by atoms with Crippen molar-refractivity contribution in [1.29, 1.82) is 0 Å². The van der Waals surface area contributed by atoms with Gasteiger partial charge in [-0.05, 0) is 6.92 Å². The molecule has 23 nitrogen and oxygen atoms in total. The topological polar surface area (TPSA) is 301 Å². The number of carbonyl (C=O) groups excluding carboxylic acids is 2. The lowest BCUT2D eigenvalue weighted by Crippen LogP contribution is -2.59. The summed E-state index contributed by atoms with van der Waals surface area (Å²) in [4.78, 5) is 88.6. The minimum Gasteiger partial charge on any atom is -0.481 e. The molecule has 58 heavy (non-hydrogen) atoms. The molecule has 0 saturated carbocycles. The maximum atomic E-state index is 12.8. The molecular formula is C35H50N8O15. The Kier molecular flexibility index (Phi) is 15.0. The van der Waals surface area contributed by atoms with Gasteiger partial charge in [0.15, 0.2) is 29.7 Å². The summed E-state index contributed by atoms with van der Waals surface area (Å²) in [6.07, 6.45) is -1.86. The molecule has 6 N–H and O–H groups in total. The number of anilines is 1. The molecule has 2 aliphatic heterocycles. The van der Waals surface area contributed by atoms with Gasteiger partial charge >= 0.3 is 17.6 Å². The van der Waals surface area contributed by atoms with Gasteiger partial charge < -0.3 is 43.7 Å². The Balaban J connectivity index is 1.11. The lowest BCUT2D eigenvalue weighted by molar-refractivity contribution is -0.215. The van der Waals surface area contributed by atoms with Gasteiger partial charge in [0.25, 0.3) is 11.1 Å². The number of hydrogen-bond donors (Lipinski definition) is 6. The van der Waals surface area contributed by atoms with Crippen LogP contribution in [0, 0.1) is 18.8 Å². The highest BCUT2D eigenvalue weighted by molar-refractivity contribution is 5.91. The molecule has 3 aromatic rings. The van der Waals surface area contributed by atoms with Crippen LogP contribution in [0.3, 0.4) is 0 Å². The van der Waals surface area contributed by atoms with Gasteiger partial charge in [0, 0.05) is 50.2 Å². The number of esters is 1. The number of aliphatic carboxylic acids is 1. The second kappa shape index (κ2) is 19.7. The van der Waals surface area contributed by atoms with Crippen molar-refractivity contribution in [2.24, 2.45) is 11.8 Å². The number of ether oxygens (including phenoxy) is 6. The molecule has 0 unspecified atom stereocenters. The average Bonchev–Trinajstić information content (AvgIpc) is 3.74. The second-order valence-electron chi connectivity index (χ2n) is 14.4. The number of aliphatic hydroxyl groups excluding tert-OH is 2. The van der Waals surface area contributed by atoms with E-state index in [4.69, 9.17) is 28.4 Å². The van der Waals surface area contributed by atoms with Crippen molar-refractivity contribution in [2.45, 2.75) is 64.4 Å². The fraction of sp³-hybridized carbons (Fsp3) is 0.657. The van der Waals surface area contributed by atoms with Crippen molar-refractivity contribution in [3.05, 3.63) is 49.3 Å². The summed E-state index contributed by atoms with van der Waals surface area (Å²) in [7, 11) is 0. The standard InChI is InChI=1S/C35H50N8O15/c1-19(2)29(49)38-33-37-28-26(31(51)39-33)36-18-43(28)32-27(56-21(4)46)22(11-25(47)48)23(57-32)14-55-10-9-54-8-7-53-6-5-41-13-24(58-35(15-41,16-44)17-45)42-12-20(3)30(50)40-34(42)52/h12,18-19,22-24,27,32,44-45H,5-11,13-17H2,1-4H3,(H,47,48)(H,40,50,52)(H2,37,38,39,49,51)/t22-,23+,24-,27-,32-/m1/s1. The van der Waals surface area contributed by atoms with E-state index in [2.05, 4.69) is 25.3 Å². The van der Waals surface area contributed by atoms with Crippen LogP contribution in [-0.4, -0.2) is 157 Å². The fourth-order valence-electron chi connectivity index (χ4n) is 6.61. The SMILES string of the molecule is CC(=O)O[C@@H]1[C@H](CC(=O)O)[C@H](COCCOCCOCCN2C[C@H](n3cc(C)c(=O)[nH]c3=O)OC(CO)(CO)C2)O[C@H]1n1cnc2c(=O)[nH]c(NC(=O)C(C)C)nc21. The van der Waals surface area contributed by atoms with E-state index in [1.54, 1.807) is 20.8 Å². The lowest BCUT2D eigenvalue weighted by Gasteiger charge is -2.44. The van der Waals surface area contributed by atoms with Crippen molar-refractivity contribution in [1.82, 2.24) is 34.0 Å². The van der Waals surface area contributed by atoms with Crippen molar-refractivity contribution in [2.75, 3.05) is 77.8 Å². The molecule has 5 atom stereocenters. The van der Waals surface area contributed by atoms with Crippen LogP contribution in [-0.2, 0) is 42.8 Å². The Morgan fingerprint density at radius 1 is 1.02 bits per heavy atom. The molecule has 0 aliphatic carbocycles. The Morgan fingerprint density at radius 2 is 1.71 bits per heavy atom. The largest absolute Gasteiger partial charge is 0.481 e. The fourth-order valence-corrected chi connectivity index (χ4v) is 6.61. The molecule has 0 spiro atoms. The molecule has 3 aromatic heterocycles. The molecule has 5 rings (SSSR count). The number of nitrogens with zero attached hydrogens (tertiary/aromatic N) is 5. The van der Waals surface area contributed by atoms with Crippen LogP contribution >= 0.6 is 0 Å². The predicted octanol–water partition coefficient (Wildman–Crippen LogP) is -1.90. The minimum absolute atomic E-state index is 0.00604. The van der Waals surface area contributed by atoms with E-state index < -0.39 is 96.4 Å². The highest BCUT2D eigenvalue weighted by atomic mass is 16.6. The van der Waals surface area contributed by atoms with Gasteiger partial charge in [0.05, 0.1) is 71.7 Å². The van der Waals surface area contributed by atoms with Crippen molar-refractivity contribution in [3.63, 3.8) is 0 Å². The molecular weight excluding hydrogens is 772 g/mol. The number of H-pyrrole nitrogens is 2. The first kappa shape index (κ1) is 44.2. The van der Waals surface area contributed by atoms with E-state index in [-0.39, 0.29) is 69.8 Å². The number of carbonyl (C=O) groups is 3. The molecule has 0 radical (unpaired) electrons. The van der Waals surface area contributed by atoms with Crippen LogP contribution in [0.15, 0.2) is 26.9 Å². The van der Waals surface area contributed by atoms with Gasteiger partial charge in [-0.2, -0.15) is 4.98 Å². The van der Waals surface area contributed by atoms with Crippen molar-refractivity contribution < 1.29 is 58.1 Å². The molecule has 0 aromatic carbocycles. The Bertz CT molecular complexity index is 2080. The lowest BCUT2D eigenvalue weighted by atomic mass is 9.94. The maximum Gasteiger partial charge on any atom is 0.330 e. The van der Waals surface area contributed by atoms with Crippen LogP contribution in [0.5, 0.6) is 0 Å². The Morgan fingerprint density at radius 3 is 2.36 bits per heavy atom. The molecule has 2 saturated heterocycles. The number of amides is 1. The number of carboxylic acids is 1. The third-order valence-electron chi connectivity index (χ3n) is 9.60. The number of rotatable bonds is 20. The zero-order valence-corrected chi connectivity index (χ0v) is 32.6. The summed E-state index contributed by atoms with van der Waals surface area (Å²) >= 11 is 0. The summed E-state index contributed by atoms with van der Waals surface area (Å²) in [5, 5.41) is 32.3. The zero-order valence-electron chi connectivity index (χ0n) is 32.6. The summed E-state index contributed by atoms with van der Waals surface area (Å²) < 4.78 is 37.4. The predicted molar refractivity (Wildman–Crippen MR) is 199 cm³/mol. The van der Waals surface area contributed by atoms with Gasteiger partial charge in [-0.1, -0.05) is 13.8 Å². The summed E-state index contributed by atoms with van der Waals surface area (Å²) in [6, 6.07) is 0. The number of aryl methyl sites for hydroxylation is 1. The van der Waals surface area contributed by atoms with Crippen LogP contribution < -0.4 is 22.1 Å². The first-order valence-corrected chi connectivity index (χ1v) is 18.6.